The molecule has 1 aromatic carbocycles. The number of pyridine rings is 1. The van der Waals surface area contributed by atoms with Crippen LogP contribution in [0.25, 0.3) is 11.1 Å². The number of hydrogen-bond acceptors (Lipinski definition) is 1. The van der Waals surface area contributed by atoms with Crippen molar-refractivity contribution in [3.8, 4) is 11.1 Å². The Kier molecular flexibility index (Phi) is 2.69. The van der Waals surface area contributed by atoms with Crippen molar-refractivity contribution in [1.82, 2.24) is 4.98 Å². The van der Waals surface area contributed by atoms with Gasteiger partial charge in [0, 0.05) is 17.5 Å². The molecule has 0 radical (unpaired) electrons. The van der Waals surface area contributed by atoms with E-state index in [1.54, 1.807) is 18.3 Å². The molecule has 2 aromatic rings. The van der Waals surface area contributed by atoms with E-state index in [1.165, 1.54) is 6.07 Å². The van der Waals surface area contributed by atoms with Crippen LogP contribution in [0.3, 0.4) is 0 Å². The first-order valence-electron chi connectivity index (χ1n) is 4.55. The number of benzene rings is 1. The normalized spacial score (nSPS) is 10.3. The van der Waals surface area contributed by atoms with E-state index in [1.807, 2.05) is 19.1 Å². The highest BCUT2D eigenvalue weighted by atomic mass is 35.5. The fourth-order valence-electron chi connectivity index (χ4n) is 1.31. The fraction of sp³-hybridized carbons (Fsp3) is 0.0833. The van der Waals surface area contributed by atoms with Crippen molar-refractivity contribution in [2.75, 3.05) is 0 Å². The molecule has 0 aliphatic rings. The monoisotopic (exact) mass is 221 g/mol. The third kappa shape index (κ3) is 2.16. The van der Waals surface area contributed by atoms with E-state index in [2.05, 4.69) is 4.98 Å². The average molecular weight is 222 g/mol. The summed E-state index contributed by atoms with van der Waals surface area (Å²) in [6.45, 7) is 1.92. The van der Waals surface area contributed by atoms with Crippen molar-refractivity contribution in [3.63, 3.8) is 0 Å². The van der Waals surface area contributed by atoms with Crippen LogP contribution in [0.15, 0.2) is 36.5 Å². The van der Waals surface area contributed by atoms with Gasteiger partial charge in [-0.2, -0.15) is 0 Å². The summed E-state index contributed by atoms with van der Waals surface area (Å²) >= 11 is 5.70. The molecular weight excluding hydrogens is 213 g/mol. The lowest BCUT2D eigenvalue weighted by Gasteiger charge is -2.02. The number of halogens is 2. The molecule has 0 N–H and O–H groups in total. The summed E-state index contributed by atoms with van der Waals surface area (Å²) in [5, 5.41) is 0.132. The molecule has 2 rings (SSSR count). The average Bonchev–Trinajstić information content (AvgIpc) is 2.23. The second kappa shape index (κ2) is 3.99. The largest absolute Gasteiger partial charge is 0.261 e. The summed E-state index contributed by atoms with van der Waals surface area (Å²) in [6.07, 6.45) is 1.75. The van der Waals surface area contributed by atoms with Gasteiger partial charge in [0.15, 0.2) is 0 Å². The summed E-state index contributed by atoms with van der Waals surface area (Å²) in [5.74, 6) is -0.402. The lowest BCUT2D eigenvalue weighted by molar-refractivity contribution is 0.628. The van der Waals surface area contributed by atoms with Crippen molar-refractivity contribution in [1.29, 1.82) is 0 Å². The van der Waals surface area contributed by atoms with Crippen LogP contribution in [-0.4, -0.2) is 4.98 Å². The summed E-state index contributed by atoms with van der Waals surface area (Å²) in [5.41, 5.74) is 2.75. The van der Waals surface area contributed by atoms with Crippen molar-refractivity contribution in [2.45, 2.75) is 6.92 Å². The molecule has 0 bridgehead atoms. The highest BCUT2D eigenvalue weighted by molar-refractivity contribution is 6.31. The molecule has 76 valence electrons. The third-order valence-electron chi connectivity index (χ3n) is 2.16. The number of aryl methyl sites for hydroxylation is 1. The van der Waals surface area contributed by atoms with Crippen LogP contribution >= 0.6 is 11.6 Å². The molecule has 0 amide bonds. The van der Waals surface area contributed by atoms with Crippen molar-refractivity contribution in [3.05, 3.63) is 53.1 Å². The maximum absolute atomic E-state index is 12.9. The van der Waals surface area contributed by atoms with E-state index in [-0.39, 0.29) is 5.02 Å². The fourth-order valence-corrected chi connectivity index (χ4v) is 1.49. The Hall–Kier alpha value is -1.41. The number of hydrogen-bond donors (Lipinski definition) is 0. The molecule has 1 heterocycles. The highest BCUT2D eigenvalue weighted by Crippen LogP contribution is 2.24. The van der Waals surface area contributed by atoms with E-state index in [9.17, 15) is 4.39 Å². The van der Waals surface area contributed by atoms with E-state index in [0.717, 1.165) is 16.8 Å². The van der Waals surface area contributed by atoms with Crippen LogP contribution in [0.4, 0.5) is 4.39 Å². The van der Waals surface area contributed by atoms with Gasteiger partial charge in [-0.3, -0.25) is 4.98 Å². The van der Waals surface area contributed by atoms with Gasteiger partial charge in [0.2, 0.25) is 0 Å². The number of aromatic nitrogens is 1. The number of rotatable bonds is 1. The summed E-state index contributed by atoms with van der Waals surface area (Å²) in [4.78, 5) is 4.17. The second-order valence-corrected chi connectivity index (χ2v) is 3.72. The van der Waals surface area contributed by atoms with Crippen molar-refractivity contribution >= 4 is 11.6 Å². The van der Waals surface area contributed by atoms with Gasteiger partial charge in [-0.15, -0.1) is 0 Å². The minimum Gasteiger partial charge on any atom is -0.261 e. The molecule has 0 atom stereocenters. The first-order chi connectivity index (χ1) is 7.16. The van der Waals surface area contributed by atoms with Gasteiger partial charge < -0.3 is 0 Å². The maximum atomic E-state index is 12.9. The van der Waals surface area contributed by atoms with Gasteiger partial charge in [-0.1, -0.05) is 23.7 Å². The quantitative estimate of drug-likeness (QED) is 0.713. The molecule has 0 aliphatic heterocycles. The standard InChI is InChI=1S/C12H9ClFN/c1-8-2-3-10(7-15-8)9-4-5-12(14)11(13)6-9/h2-7H,1H3. The molecule has 0 spiro atoms. The van der Waals surface area contributed by atoms with Gasteiger partial charge >= 0.3 is 0 Å². The Bertz CT molecular complexity index is 479. The first-order valence-corrected chi connectivity index (χ1v) is 4.93. The lowest BCUT2D eigenvalue weighted by atomic mass is 10.1. The molecule has 15 heavy (non-hydrogen) atoms. The first kappa shape index (κ1) is 10.1. The smallest absolute Gasteiger partial charge is 0.141 e. The van der Waals surface area contributed by atoms with Crippen LogP contribution in [-0.2, 0) is 0 Å². The molecular formula is C12H9ClFN. The predicted molar refractivity (Wildman–Crippen MR) is 59.4 cm³/mol. The minimum absolute atomic E-state index is 0.132. The molecule has 3 heteroatoms. The van der Waals surface area contributed by atoms with Crippen LogP contribution in [0.1, 0.15) is 5.69 Å². The van der Waals surface area contributed by atoms with Crippen LogP contribution in [0.2, 0.25) is 5.02 Å². The van der Waals surface area contributed by atoms with Crippen LogP contribution in [0.5, 0.6) is 0 Å². The zero-order valence-electron chi connectivity index (χ0n) is 8.17. The predicted octanol–water partition coefficient (Wildman–Crippen LogP) is 3.85. The second-order valence-electron chi connectivity index (χ2n) is 3.32. The molecule has 0 aliphatic carbocycles. The van der Waals surface area contributed by atoms with Crippen LogP contribution < -0.4 is 0 Å². The Morgan fingerprint density at radius 2 is 1.87 bits per heavy atom. The molecule has 0 unspecified atom stereocenters. The molecule has 0 saturated carbocycles. The third-order valence-corrected chi connectivity index (χ3v) is 2.45. The Morgan fingerprint density at radius 1 is 1.13 bits per heavy atom. The van der Waals surface area contributed by atoms with Crippen LogP contribution in [0, 0.1) is 12.7 Å². The SMILES string of the molecule is Cc1ccc(-c2ccc(F)c(Cl)c2)cn1. The summed E-state index contributed by atoms with van der Waals surface area (Å²) in [7, 11) is 0. The summed E-state index contributed by atoms with van der Waals surface area (Å²) in [6, 6.07) is 8.49. The Labute approximate surface area is 92.5 Å². The number of nitrogens with zero attached hydrogens (tertiary/aromatic N) is 1. The van der Waals surface area contributed by atoms with Crippen molar-refractivity contribution < 1.29 is 4.39 Å². The molecule has 0 saturated heterocycles. The Balaban J connectivity index is 2.45. The minimum atomic E-state index is -0.402. The topological polar surface area (TPSA) is 12.9 Å². The molecule has 1 aromatic heterocycles. The van der Waals surface area contributed by atoms with Gasteiger partial charge in [0.25, 0.3) is 0 Å². The van der Waals surface area contributed by atoms with E-state index >= 15 is 0 Å². The highest BCUT2D eigenvalue weighted by Gasteiger charge is 2.02. The maximum Gasteiger partial charge on any atom is 0.141 e. The molecule has 1 nitrogen and oxygen atoms in total. The Morgan fingerprint density at radius 3 is 2.47 bits per heavy atom. The zero-order chi connectivity index (χ0) is 10.8. The van der Waals surface area contributed by atoms with Crippen molar-refractivity contribution in [2.24, 2.45) is 0 Å². The molecule has 0 fully saturated rings. The van der Waals surface area contributed by atoms with Gasteiger partial charge in [-0.25, -0.2) is 4.39 Å². The van der Waals surface area contributed by atoms with Gasteiger partial charge in [0.1, 0.15) is 5.82 Å². The van der Waals surface area contributed by atoms with E-state index in [0.29, 0.717) is 0 Å². The van der Waals surface area contributed by atoms with Gasteiger partial charge in [0.05, 0.1) is 5.02 Å². The summed E-state index contributed by atoms with van der Waals surface area (Å²) < 4.78 is 12.9. The van der Waals surface area contributed by atoms with E-state index in [4.69, 9.17) is 11.6 Å². The van der Waals surface area contributed by atoms with Gasteiger partial charge in [-0.05, 0) is 30.7 Å². The lowest BCUT2D eigenvalue weighted by Crippen LogP contribution is -1.84. The zero-order valence-corrected chi connectivity index (χ0v) is 8.92. The van der Waals surface area contributed by atoms with E-state index < -0.39 is 5.82 Å².